The first-order chi connectivity index (χ1) is 8.31. The van der Waals surface area contributed by atoms with Gasteiger partial charge in [0.05, 0.1) is 5.56 Å². The monoisotopic (exact) mass is 264 g/mol. The molecular formula is C12H16F4N2. The molecule has 2 nitrogen and oxygen atoms in total. The molecule has 1 unspecified atom stereocenters. The van der Waals surface area contributed by atoms with Crippen molar-refractivity contribution in [3.8, 4) is 0 Å². The Labute approximate surface area is 103 Å². The van der Waals surface area contributed by atoms with E-state index in [2.05, 4.69) is 0 Å². The summed E-state index contributed by atoms with van der Waals surface area (Å²) in [4.78, 5) is 1.70. The van der Waals surface area contributed by atoms with Crippen LogP contribution in [-0.4, -0.2) is 25.0 Å². The van der Waals surface area contributed by atoms with E-state index in [0.29, 0.717) is 12.6 Å². The lowest BCUT2D eigenvalue weighted by molar-refractivity contribution is -0.138. The lowest BCUT2D eigenvalue weighted by Gasteiger charge is -2.28. The third-order valence-corrected chi connectivity index (χ3v) is 2.93. The van der Waals surface area contributed by atoms with E-state index in [9.17, 15) is 17.6 Å². The molecule has 6 heteroatoms. The van der Waals surface area contributed by atoms with Crippen LogP contribution in [0, 0.1) is 5.82 Å². The van der Waals surface area contributed by atoms with Crippen molar-refractivity contribution in [2.24, 2.45) is 5.73 Å². The first-order valence-corrected chi connectivity index (χ1v) is 5.58. The van der Waals surface area contributed by atoms with Gasteiger partial charge in [0.25, 0.3) is 0 Å². The highest BCUT2D eigenvalue weighted by Crippen LogP contribution is 2.36. The normalized spacial score (nSPS) is 14.0. The van der Waals surface area contributed by atoms with Crippen LogP contribution in [-0.2, 0) is 6.18 Å². The van der Waals surface area contributed by atoms with Crippen LogP contribution in [0.4, 0.5) is 17.6 Å². The van der Waals surface area contributed by atoms with Gasteiger partial charge in [0, 0.05) is 12.6 Å². The summed E-state index contributed by atoms with van der Waals surface area (Å²) in [6.07, 6.45) is -4.58. The molecule has 1 atom stereocenters. The van der Waals surface area contributed by atoms with Crippen molar-refractivity contribution in [1.29, 1.82) is 0 Å². The SMILES string of the molecule is CCN(C)C(CN)c1ccc(F)cc1C(F)(F)F. The lowest BCUT2D eigenvalue weighted by Crippen LogP contribution is -2.32. The molecule has 0 aliphatic rings. The van der Waals surface area contributed by atoms with Gasteiger partial charge in [-0.05, 0) is 31.3 Å². The average Bonchev–Trinajstić information content (AvgIpc) is 2.30. The maximum absolute atomic E-state index is 13.0. The third kappa shape index (κ3) is 3.20. The minimum Gasteiger partial charge on any atom is -0.329 e. The van der Waals surface area contributed by atoms with E-state index in [4.69, 9.17) is 5.73 Å². The molecule has 0 heterocycles. The van der Waals surface area contributed by atoms with Crippen molar-refractivity contribution < 1.29 is 17.6 Å². The number of nitrogens with two attached hydrogens (primary N) is 1. The second kappa shape index (κ2) is 5.67. The van der Waals surface area contributed by atoms with E-state index in [1.54, 1.807) is 11.9 Å². The maximum Gasteiger partial charge on any atom is 0.416 e. The molecule has 1 aromatic carbocycles. The Morgan fingerprint density at radius 1 is 1.33 bits per heavy atom. The Balaban J connectivity index is 3.30. The molecule has 2 N–H and O–H groups in total. The molecule has 0 amide bonds. The largest absolute Gasteiger partial charge is 0.416 e. The van der Waals surface area contributed by atoms with Gasteiger partial charge in [0.2, 0.25) is 0 Å². The zero-order valence-corrected chi connectivity index (χ0v) is 10.3. The number of alkyl halides is 3. The van der Waals surface area contributed by atoms with E-state index < -0.39 is 23.6 Å². The Bertz CT molecular complexity index is 404. The first kappa shape index (κ1) is 14.9. The molecule has 0 saturated carbocycles. The van der Waals surface area contributed by atoms with Crippen LogP contribution in [0.3, 0.4) is 0 Å². The van der Waals surface area contributed by atoms with Gasteiger partial charge in [-0.25, -0.2) is 4.39 Å². The van der Waals surface area contributed by atoms with Crippen LogP contribution >= 0.6 is 0 Å². The van der Waals surface area contributed by atoms with Crippen LogP contribution in [0.5, 0.6) is 0 Å². The minimum absolute atomic E-state index is 0.00995. The molecule has 102 valence electrons. The highest BCUT2D eigenvalue weighted by Gasteiger charge is 2.36. The number of hydrogen-bond donors (Lipinski definition) is 1. The standard InChI is InChI=1S/C12H16F4N2/c1-3-18(2)11(7-17)9-5-4-8(13)6-10(9)12(14,15)16/h4-6,11H,3,7,17H2,1-2H3. The molecule has 0 radical (unpaired) electrons. The Morgan fingerprint density at radius 3 is 2.39 bits per heavy atom. The third-order valence-electron chi connectivity index (χ3n) is 2.93. The fourth-order valence-electron chi connectivity index (χ4n) is 1.83. The van der Waals surface area contributed by atoms with Crippen molar-refractivity contribution >= 4 is 0 Å². The molecule has 0 spiro atoms. The predicted octanol–water partition coefficient (Wildman–Crippen LogP) is 2.80. The van der Waals surface area contributed by atoms with Gasteiger partial charge >= 0.3 is 6.18 Å². The highest BCUT2D eigenvalue weighted by atomic mass is 19.4. The number of halogens is 4. The van der Waals surface area contributed by atoms with Crippen LogP contribution < -0.4 is 5.73 Å². The number of hydrogen-bond acceptors (Lipinski definition) is 2. The maximum atomic E-state index is 13.0. The molecule has 0 aliphatic heterocycles. The summed E-state index contributed by atoms with van der Waals surface area (Å²) in [5.74, 6) is -0.902. The summed E-state index contributed by atoms with van der Waals surface area (Å²) in [6.45, 7) is 2.41. The van der Waals surface area contributed by atoms with Crippen molar-refractivity contribution in [3.63, 3.8) is 0 Å². The van der Waals surface area contributed by atoms with Gasteiger partial charge in [-0.2, -0.15) is 13.2 Å². The summed E-state index contributed by atoms with van der Waals surface area (Å²) >= 11 is 0. The second-order valence-corrected chi connectivity index (χ2v) is 4.05. The lowest BCUT2D eigenvalue weighted by atomic mass is 9.98. The van der Waals surface area contributed by atoms with Crippen molar-refractivity contribution in [3.05, 3.63) is 35.1 Å². The highest BCUT2D eigenvalue weighted by molar-refractivity contribution is 5.33. The van der Waals surface area contributed by atoms with E-state index in [1.165, 1.54) is 0 Å². The van der Waals surface area contributed by atoms with Gasteiger partial charge < -0.3 is 5.73 Å². The topological polar surface area (TPSA) is 29.3 Å². The summed E-state index contributed by atoms with van der Waals surface area (Å²) in [5.41, 5.74) is 4.58. The summed E-state index contributed by atoms with van der Waals surface area (Å²) in [7, 11) is 1.68. The smallest absolute Gasteiger partial charge is 0.329 e. The summed E-state index contributed by atoms with van der Waals surface area (Å²) in [6, 6.07) is 2.12. The zero-order chi connectivity index (χ0) is 13.9. The zero-order valence-electron chi connectivity index (χ0n) is 10.3. The van der Waals surface area contributed by atoms with Gasteiger partial charge in [-0.15, -0.1) is 0 Å². The predicted molar refractivity (Wildman–Crippen MR) is 61.5 cm³/mol. The molecule has 0 saturated heterocycles. The second-order valence-electron chi connectivity index (χ2n) is 4.05. The number of rotatable bonds is 4. The molecule has 0 aliphatic carbocycles. The Morgan fingerprint density at radius 2 is 1.94 bits per heavy atom. The fraction of sp³-hybridized carbons (Fsp3) is 0.500. The quantitative estimate of drug-likeness (QED) is 0.847. The van der Waals surface area contributed by atoms with Crippen molar-refractivity contribution in [2.45, 2.75) is 19.1 Å². The van der Waals surface area contributed by atoms with E-state index in [1.807, 2.05) is 6.92 Å². The summed E-state index contributed by atoms with van der Waals surface area (Å²) in [5, 5.41) is 0. The molecule has 0 fully saturated rings. The van der Waals surface area contributed by atoms with Crippen molar-refractivity contribution in [2.75, 3.05) is 20.1 Å². The Kier molecular flexibility index (Phi) is 4.70. The van der Waals surface area contributed by atoms with E-state index in [-0.39, 0.29) is 12.1 Å². The molecule has 18 heavy (non-hydrogen) atoms. The van der Waals surface area contributed by atoms with Crippen molar-refractivity contribution in [1.82, 2.24) is 4.90 Å². The van der Waals surface area contributed by atoms with E-state index in [0.717, 1.165) is 12.1 Å². The molecule has 1 aromatic rings. The van der Waals surface area contributed by atoms with Crippen LogP contribution in [0.25, 0.3) is 0 Å². The number of likely N-dealkylation sites (N-methyl/N-ethyl adjacent to an activating group) is 1. The summed E-state index contributed by atoms with van der Waals surface area (Å²) < 4.78 is 51.6. The number of nitrogens with zero attached hydrogens (tertiary/aromatic N) is 1. The van der Waals surface area contributed by atoms with Gasteiger partial charge in [0.1, 0.15) is 5.82 Å². The molecule has 0 bridgehead atoms. The first-order valence-electron chi connectivity index (χ1n) is 5.58. The fourth-order valence-corrected chi connectivity index (χ4v) is 1.83. The number of benzene rings is 1. The van der Waals surface area contributed by atoms with E-state index >= 15 is 0 Å². The van der Waals surface area contributed by atoms with Crippen LogP contribution in [0.15, 0.2) is 18.2 Å². The molecular weight excluding hydrogens is 248 g/mol. The average molecular weight is 264 g/mol. The van der Waals surface area contributed by atoms with Gasteiger partial charge in [-0.3, -0.25) is 4.90 Å². The van der Waals surface area contributed by atoms with Crippen LogP contribution in [0.2, 0.25) is 0 Å². The molecule has 1 rings (SSSR count). The van der Waals surface area contributed by atoms with Gasteiger partial charge in [-0.1, -0.05) is 13.0 Å². The minimum atomic E-state index is -4.58. The Hall–Kier alpha value is -1.14. The van der Waals surface area contributed by atoms with Gasteiger partial charge in [0.15, 0.2) is 0 Å². The van der Waals surface area contributed by atoms with Crippen LogP contribution in [0.1, 0.15) is 24.1 Å². The molecule has 0 aromatic heterocycles.